The zero-order chi connectivity index (χ0) is 12.8. The molecule has 0 aromatic carbocycles. The number of nitrogens with zero attached hydrogens (tertiary/aromatic N) is 2. The molecule has 4 nitrogen and oxygen atoms in total. The average Bonchev–Trinajstić information content (AvgIpc) is 2.29. The van der Waals surface area contributed by atoms with E-state index >= 15 is 0 Å². The number of aromatic nitrogens is 2. The summed E-state index contributed by atoms with van der Waals surface area (Å²) in [6, 6.07) is 2.12. The van der Waals surface area contributed by atoms with Gasteiger partial charge in [-0.25, -0.2) is 4.98 Å². The molecule has 0 unspecified atom stereocenters. The van der Waals surface area contributed by atoms with Crippen LogP contribution >= 0.6 is 12.2 Å². The van der Waals surface area contributed by atoms with Crippen molar-refractivity contribution in [2.45, 2.75) is 33.6 Å². The molecule has 0 bridgehead atoms. The summed E-state index contributed by atoms with van der Waals surface area (Å²) in [4.78, 5) is 8.65. The SMILES string of the molecule is CCC(CC)COc1nc(C)cc(C(N)=S)n1. The zero-order valence-corrected chi connectivity index (χ0v) is 11.4. The molecule has 1 heterocycles. The van der Waals surface area contributed by atoms with Crippen molar-refractivity contribution in [3.8, 4) is 6.01 Å². The van der Waals surface area contributed by atoms with Crippen LogP contribution in [0.1, 0.15) is 38.1 Å². The normalized spacial score (nSPS) is 10.6. The topological polar surface area (TPSA) is 61.0 Å². The predicted molar refractivity (Wildman–Crippen MR) is 72.2 cm³/mol. The summed E-state index contributed by atoms with van der Waals surface area (Å²) in [5, 5.41) is 0. The summed E-state index contributed by atoms with van der Waals surface area (Å²) in [5.74, 6) is 0.535. The fraction of sp³-hybridized carbons (Fsp3) is 0.583. The highest BCUT2D eigenvalue weighted by atomic mass is 32.1. The summed E-state index contributed by atoms with van der Waals surface area (Å²) < 4.78 is 5.58. The first-order valence-electron chi connectivity index (χ1n) is 5.85. The van der Waals surface area contributed by atoms with E-state index in [4.69, 9.17) is 22.7 Å². The maximum absolute atomic E-state index is 5.58. The smallest absolute Gasteiger partial charge is 0.317 e. The predicted octanol–water partition coefficient (Wildman–Crippen LogP) is 2.23. The van der Waals surface area contributed by atoms with Crippen molar-refractivity contribution in [3.05, 3.63) is 17.5 Å². The molecule has 5 heteroatoms. The summed E-state index contributed by atoms with van der Waals surface area (Å²) in [5.41, 5.74) is 6.92. The maximum atomic E-state index is 5.58. The standard InChI is InChI=1S/C12H19N3OS/c1-4-9(5-2)7-16-12-14-8(3)6-10(15-12)11(13)17/h6,9H,4-5,7H2,1-3H3,(H2,13,17). The van der Waals surface area contributed by atoms with Crippen LogP contribution in [0.2, 0.25) is 0 Å². The summed E-state index contributed by atoms with van der Waals surface area (Å²) in [7, 11) is 0. The molecule has 0 amide bonds. The Bertz CT molecular complexity index is 391. The van der Waals surface area contributed by atoms with Crippen molar-refractivity contribution in [2.24, 2.45) is 11.7 Å². The molecule has 0 fully saturated rings. The zero-order valence-electron chi connectivity index (χ0n) is 10.6. The fourth-order valence-corrected chi connectivity index (χ4v) is 1.55. The first-order chi connectivity index (χ1) is 8.06. The van der Waals surface area contributed by atoms with E-state index in [0.717, 1.165) is 18.5 Å². The van der Waals surface area contributed by atoms with Gasteiger partial charge in [0, 0.05) is 5.69 Å². The van der Waals surface area contributed by atoms with Gasteiger partial charge in [0.2, 0.25) is 0 Å². The molecule has 0 aliphatic heterocycles. The Kier molecular flexibility index (Phi) is 5.28. The van der Waals surface area contributed by atoms with E-state index in [1.54, 1.807) is 6.07 Å². The van der Waals surface area contributed by atoms with Gasteiger partial charge in [-0.3, -0.25) is 0 Å². The van der Waals surface area contributed by atoms with Crippen molar-refractivity contribution < 1.29 is 4.74 Å². The molecule has 17 heavy (non-hydrogen) atoms. The van der Waals surface area contributed by atoms with Crippen LogP contribution < -0.4 is 10.5 Å². The number of nitrogens with two attached hydrogens (primary N) is 1. The first kappa shape index (κ1) is 13.8. The lowest BCUT2D eigenvalue weighted by Crippen LogP contribution is -2.16. The molecule has 0 saturated carbocycles. The number of thiocarbonyl (C=S) groups is 1. The van der Waals surface area contributed by atoms with Gasteiger partial charge in [0.25, 0.3) is 0 Å². The van der Waals surface area contributed by atoms with E-state index in [2.05, 4.69) is 23.8 Å². The molecule has 0 spiro atoms. The minimum Gasteiger partial charge on any atom is -0.463 e. The third kappa shape index (κ3) is 4.26. The summed E-state index contributed by atoms with van der Waals surface area (Å²) >= 11 is 4.89. The van der Waals surface area contributed by atoms with Crippen molar-refractivity contribution in [3.63, 3.8) is 0 Å². The Morgan fingerprint density at radius 2 is 2.06 bits per heavy atom. The second-order valence-corrected chi connectivity index (χ2v) is 4.47. The van der Waals surface area contributed by atoms with Gasteiger partial charge in [-0.05, 0) is 18.9 Å². The number of hydrogen-bond acceptors (Lipinski definition) is 4. The van der Waals surface area contributed by atoms with E-state index in [0.29, 0.717) is 24.2 Å². The second kappa shape index (κ2) is 6.49. The Labute approximate surface area is 108 Å². The summed E-state index contributed by atoms with van der Waals surface area (Å²) in [6.45, 7) is 6.80. The molecule has 0 atom stereocenters. The molecule has 1 aromatic rings. The monoisotopic (exact) mass is 253 g/mol. The van der Waals surface area contributed by atoms with Crippen LogP contribution in [0.4, 0.5) is 0 Å². The lowest BCUT2D eigenvalue weighted by molar-refractivity contribution is 0.223. The Hall–Kier alpha value is -1.23. The maximum Gasteiger partial charge on any atom is 0.317 e. The number of hydrogen-bond donors (Lipinski definition) is 1. The first-order valence-corrected chi connectivity index (χ1v) is 6.25. The highest BCUT2D eigenvalue weighted by Crippen LogP contribution is 2.12. The van der Waals surface area contributed by atoms with Gasteiger partial charge < -0.3 is 10.5 Å². The average molecular weight is 253 g/mol. The van der Waals surface area contributed by atoms with E-state index in [9.17, 15) is 0 Å². The van der Waals surface area contributed by atoms with Gasteiger partial charge in [0.15, 0.2) is 0 Å². The number of rotatable bonds is 6. The Morgan fingerprint density at radius 1 is 1.41 bits per heavy atom. The van der Waals surface area contributed by atoms with Crippen LogP contribution in [-0.4, -0.2) is 21.6 Å². The van der Waals surface area contributed by atoms with Crippen LogP contribution in [0.25, 0.3) is 0 Å². The van der Waals surface area contributed by atoms with E-state index in [-0.39, 0.29) is 4.99 Å². The molecule has 1 aromatic heterocycles. The van der Waals surface area contributed by atoms with Crippen LogP contribution in [0.3, 0.4) is 0 Å². The lowest BCUT2D eigenvalue weighted by atomic mass is 10.1. The second-order valence-electron chi connectivity index (χ2n) is 4.03. The van der Waals surface area contributed by atoms with Crippen molar-refractivity contribution >= 4 is 17.2 Å². The lowest BCUT2D eigenvalue weighted by Gasteiger charge is -2.13. The van der Waals surface area contributed by atoms with E-state index in [1.807, 2.05) is 6.92 Å². The molecule has 0 aliphatic carbocycles. The number of aryl methyl sites for hydroxylation is 1. The molecule has 1 rings (SSSR count). The highest BCUT2D eigenvalue weighted by molar-refractivity contribution is 7.80. The van der Waals surface area contributed by atoms with Crippen LogP contribution in [-0.2, 0) is 0 Å². The Balaban J connectivity index is 2.74. The third-order valence-corrected chi connectivity index (χ3v) is 2.90. The molecular formula is C12H19N3OS. The van der Waals surface area contributed by atoms with Gasteiger partial charge in [-0.2, -0.15) is 4.98 Å². The largest absolute Gasteiger partial charge is 0.463 e. The van der Waals surface area contributed by atoms with Gasteiger partial charge in [0.1, 0.15) is 10.7 Å². The molecule has 0 radical (unpaired) electrons. The van der Waals surface area contributed by atoms with Gasteiger partial charge >= 0.3 is 6.01 Å². The molecule has 0 aliphatic rings. The van der Waals surface area contributed by atoms with E-state index < -0.39 is 0 Å². The van der Waals surface area contributed by atoms with Crippen molar-refractivity contribution in [1.82, 2.24) is 9.97 Å². The van der Waals surface area contributed by atoms with Crippen LogP contribution in [0.15, 0.2) is 6.07 Å². The highest BCUT2D eigenvalue weighted by Gasteiger charge is 2.08. The minimum absolute atomic E-state index is 0.267. The summed E-state index contributed by atoms with van der Waals surface area (Å²) in [6.07, 6.45) is 2.18. The molecule has 0 saturated heterocycles. The fourth-order valence-electron chi connectivity index (χ4n) is 1.45. The molecule has 2 N–H and O–H groups in total. The van der Waals surface area contributed by atoms with Gasteiger partial charge in [-0.1, -0.05) is 38.9 Å². The minimum atomic E-state index is 0.267. The van der Waals surface area contributed by atoms with Crippen LogP contribution in [0.5, 0.6) is 6.01 Å². The quantitative estimate of drug-likeness (QED) is 0.788. The van der Waals surface area contributed by atoms with Gasteiger partial charge in [-0.15, -0.1) is 0 Å². The van der Waals surface area contributed by atoms with Crippen molar-refractivity contribution in [1.29, 1.82) is 0 Å². The Morgan fingerprint density at radius 3 is 2.59 bits per heavy atom. The molecule has 94 valence electrons. The van der Waals surface area contributed by atoms with E-state index in [1.165, 1.54) is 0 Å². The van der Waals surface area contributed by atoms with Gasteiger partial charge in [0.05, 0.1) is 6.61 Å². The molecular weight excluding hydrogens is 234 g/mol. The van der Waals surface area contributed by atoms with Crippen molar-refractivity contribution in [2.75, 3.05) is 6.61 Å². The number of ether oxygens (including phenoxy) is 1. The third-order valence-electron chi connectivity index (χ3n) is 2.69. The van der Waals surface area contributed by atoms with Crippen LogP contribution in [0, 0.1) is 12.8 Å².